The van der Waals surface area contributed by atoms with Gasteiger partial charge in [0.2, 0.25) is 0 Å². The number of ether oxygens (including phenoxy) is 2. The van der Waals surface area contributed by atoms with Gasteiger partial charge in [0.1, 0.15) is 18.9 Å². The lowest BCUT2D eigenvalue weighted by Gasteiger charge is -2.27. The van der Waals surface area contributed by atoms with E-state index >= 15 is 0 Å². The van der Waals surface area contributed by atoms with Crippen LogP contribution >= 0.6 is 0 Å². The van der Waals surface area contributed by atoms with E-state index in [1.54, 1.807) is 17.0 Å². The molecular formula is C21H23N3O5. The lowest BCUT2D eigenvalue weighted by Crippen LogP contribution is -2.30. The fourth-order valence-electron chi connectivity index (χ4n) is 3.95. The molecule has 0 radical (unpaired) electrons. The van der Waals surface area contributed by atoms with Gasteiger partial charge in [-0.05, 0) is 49.6 Å². The second-order valence-corrected chi connectivity index (χ2v) is 7.08. The van der Waals surface area contributed by atoms with E-state index in [0.29, 0.717) is 49.1 Å². The highest BCUT2D eigenvalue weighted by molar-refractivity contribution is 5.96. The number of likely N-dealkylation sites (tertiary alicyclic amines) is 1. The van der Waals surface area contributed by atoms with Crippen LogP contribution in [-0.2, 0) is 0 Å². The number of rotatable bonds is 5. The SMILES string of the molecule is CCNc1ccc(C(=O)N2CCCC2c2ccc3c(c2)OCCO3)cc1[N+](=O)[O-]. The number of amides is 1. The number of benzene rings is 2. The minimum atomic E-state index is -0.461. The van der Waals surface area contributed by atoms with Gasteiger partial charge in [-0.1, -0.05) is 6.07 Å². The van der Waals surface area contributed by atoms with E-state index in [-0.39, 0.29) is 17.6 Å². The second kappa shape index (κ2) is 7.98. The number of anilines is 1. The Morgan fingerprint density at radius 3 is 2.76 bits per heavy atom. The lowest BCUT2D eigenvalue weighted by atomic mass is 10.0. The number of nitro benzene ring substituents is 1. The highest BCUT2D eigenvalue weighted by Gasteiger charge is 2.32. The molecular weight excluding hydrogens is 374 g/mol. The summed E-state index contributed by atoms with van der Waals surface area (Å²) in [6, 6.07) is 10.3. The maximum atomic E-state index is 13.2. The summed E-state index contributed by atoms with van der Waals surface area (Å²) in [4.78, 5) is 25.9. The first-order valence-corrected chi connectivity index (χ1v) is 9.81. The predicted octanol–water partition coefficient (Wildman–Crippen LogP) is 3.78. The number of carbonyl (C=O) groups is 1. The molecule has 2 heterocycles. The van der Waals surface area contributed by atoms with Crippen LogP contribution < -0.4 is 14.8 Å². The fourth-order valence-corrected chi connectivity index (χ4v) is 3.95. The monoisotopic (exact) mass is 397 g/mol. The van der Waals surface area contributed by atoms with Gasteiger partial charge in [0.15, 0.2) is 11.5 Å². The Hall–Kier alpha value is -3.29. The van der Waals surface area contributed by atoms with Gasteiger partial charge in [-0.25, -0.2) is 0 Å². The van der Waals surface area contributed by atoms with Crippen LogP contribution in [0.5, 0.6) is 11.5 Å². The van der Waals surface area contributed by atoms with Gasteiger partial charge in [-0.3, -0.25) is 14.9 Å². The van der Waals surface area contributed by atoms with Gasteiger partial charge in [-0.15, -0.1) is 0 Å². The highest BCUT2D eigenvalue weighted by Crippen LogP contribution is 2.39. The van der Waals surface area contributed by atoms with Crippen molar-refractivity contribution in [3.8, 4) is 11.5 Å². The molecule has 0 bridgehead atoms. The van der Waals surface area contributed by atoms with Crippen molar-refractivity contribution in [3.63, 3.8) is 0 Å². The summed E-state index contributed by atoms with van der Waals surface area (Å²) in [6.07, 6.45) is 1.71. The molecule has 2 aromatic rings. The third-order valence-electron chi connectivity index (χ3n) is 5.27. The summed E-state index contributed by atoms with van der Waals surface area (Å²) < 4.78 is 11.2. The van der Waals surface area contributed by atoms with Crippen molar-refractivity contribution in [1.82, 2.24) is 4.90 Å². The van der Waals surface area contributed by atoms with Gasteiger partial charge < -0.3 is 19.7 Å². The van der Waals surface area contributed by atoms with Crippen LogP contribution in [0.4, 0.5) is 11.4 Å². The zero-order chi connectivity index (χ0) is 20.4. The Kier molecular flexibility index (Phi) is 5.24. The van der Waals surface area contributed by atoms with Crippen LogP contribution in [0, 0.1) is 10.1 Å². The largest absolute Gasteiger partial charge is 0.486 e. The molecule has 4 rings (SSSR count). The van der Waals surface area contributed by atoms with E-state index in [1.807, 2.05) is 25.1 Å². The molecule has 0 aromatic heterocycles. The summed E-state index contributed by atoms with van der Waals surface area (Å²) in [5.74, 6) is 1.21. The smallest absolute Gasteiger partial charge is 0.293 e. The molecule has 0 saturated carbocycles. The van der Waals surface area contributed by atoms with Crippen LogP contribution in [0.25, 0.3) is 0 Å². The number of nitrogens with zero attached hydrogens (tertiary/aromatic N) is 2. The van der Waals surface area contributed by atoms with E-state index < -0.39 is 4.92 Å². The number of fused-ring (bicyclic) bond motifs is 1. The van der Waals surface area contributed by atoms with E-state index in [1.165, 1.54) is 6.07 Å². The summed E-state index contributed by atoms with van der Waals surface area (Å²) in [7, 11) is 0. The summed E-state index contributed by atoms with van der Waals surface area (Å²) >= 11 is 0. The normalized spacial score (nSPS) is 17.8. The van der Waals surface area contributed by atoms with Crippen molar-refractivity contribution in [2.45, 2.75) is 25.8 Å². The third kappa shape index (κ3) is 3.70. The van der Waals surface area contributed by atoms with Crippen LogP contribution in [0.2, 0.25) is 0 Å². The molecule has 1 amide bonds. The fraction of sp³-hybridized carbons (Fsp3) is 0.381. The van der Waals surface area contributed by atoms with Gasteiger partial charge in [0.05, 0.1) is 11.0 Å². The molecule has 8 heteroatoms. The molecule has 0 spiro atoms. The summed E-state index contributed by atoms with van der Waals surface area (Å²) in [5.41, 5.74) is 1.63. The molecule has 0 aliphatic carbocycles. The minimum Gasteiger partial charge on any atom is -0.486 e. The standard InChI is InChI=1S/C21H23N3O5/c1-2-22-16-7-5-15(12-18(16)24(26)27)21(25)23-9-3-4-17(23)14-6-8-19-20(13-14)29-11-10-28-19/h5-8,12-13,17,22H,2-4,9-11H2,1H3. The van der Waals surface area contributed by atoms with Crippen molar-refractivity contribution in [2.75, 3.05) is 31.6 Å². The van der Waals surface area contributed by atoms with Crippen LogP contribution in [0.3, 0.4) is 0 Å². The van der Waals surface area contributed by atoms with Gasteiger partial charge in [-0.2, -0.15) is 0 Å². The zero-order valence-electron chi connectivity index (χ0n) is 16.2. The average Bonchev–Trinajstić information content (AvgIpc) is 3.23. The van der Waals surface area contributed by atoms with Crippen molar-refractivity contribution < 1.29 is 19.2 Å². The molecule has 1 unspecified atom stereocenters. The Morgan fingerprint density at radius 1 is 1.21 bits per heavy atom. The highest BCUT2D eigenvalue weighted by atomic mass is 16.6. The van der Waals surface area contributed by atoms with E-state index in [4.69, 9.17) is 9.47 Å². The quantitative estimate of drug-likeness (QED) is 0.610. The van der Waals surface area contributed by atoms with Crippen LogP contribution in [-0.4, -0.2) is 42.0 Å². The maximum Gasteiger partial charge on any atom is 0.293 e. The van der Waals surface area contributed by atoms with E-state index in [9.17, 15) is 14.9 Å². The van der Waals surface area contributed by atoms with Crippen LogP contribution in [0.1, 0.15) is 41.7 Å². The molecule has 1 atom stereocenters. The van der Waals surface area contributed by atoms with Gasteiger partial charge in [0, 0.05) is 24.7 Å². The predicted molar refractivity (Wildman–Crippen MR) is 108 cm³/mol. The van der Waals surface area contributed by atoms with Crippen molar-refractivity contribution in [3.05, 3.63) is 57.6 Å². The lowest BCUT2D eigenvalue weighted by molar-refractivity contribution is -0.384. The van der Waals surface area contributed by atoms with Gasteiger partial charge in [0.25, 0.3) is 11.6 Å². The number of carbonyl (C=O) groups excluding carboxylic acids is 1. The molecule has 1 fully saturated rings. The Labute approximate surface area is 168 Å². The van der Waals surface area contributed by atoms with Crippen LogP contribution in [0.15, 0.2) is 36.4 Å². The minimum absolute atomic E-state index is 0.0900. The molecule has 2 aromatic carbocycles. The number of nitrogens with one attached hydrogen (secondary N) is 1. The van der Waals surface area contributed by atoms with E-state index in [0.717, 1.165) is 18.4 Å². The molecule has 29 heavy (non-hydrogen) atoms. The first kappa shape index (κ1) is 19.0. The summed E-state index contributed by atoms with van der Waals surface area (Å²) in [6.45, 7) is 4.08. The van der Waals surface area contributed by atoms with Crippen molar-refractivity contribution in [1.29, 1.82) is 0 Å². The second-order valence-electron chi connectivity index (χ2n) is 7.08. The molecule has 2 aliphatic rings. The van der Waals surface area contributed by atoms with E-state index in [2.05, 4.69) is 5.32 Å². The number of hydrogen-bond acceptors (Lipinski definition) is 6. The first-order chi connectivity index (χ1) is 14.1. The summed E-state index contributed by atoms with van der Waals surface area (Å²) in [5, 5.41) is 14.4. The molecule has 8 nitrogen and oxygen atoms in total. The zero-order valence-corrected chi connectivity index (χ0v) is 16.2. The van der Waals surface area contributed by atoms with Crippen molar-refractivity contribution in [2.24, 2.45) is 0 Å². The van der Waals surface area contributed by atoms with Gasteiger partial charge >= 0.3 is 0 Å². The Bertz CT molecular complexity index is 946. The molecule has 1 saturated heterocycles. The number of hydrogen-bond donors (Lipinski definition) is 1. The van der Waals surface area contributed by atoms with Crippen molar-refractivity contribution >= 4 is 17.3 Å². The maximum absolute atomic E-state index is 13.2. The number of nitro groups is 1. The molecule has 152 valence electrons. The average molecular weight is 397 g/mol. The first-order valence-electron chi connectivity index (χ1n) is 9.81. The Balaban J connectivity index is 1.61. The Morgan fingerprint density at radius 2 is 2.00 bits per heavy atom. The molecule has 2 aliphatic heterocycles. The molecule has 1 N–H and O–H groups in total. The topological polar surface area (TPSA) is 93.9 Å². The third-order valence-corrected chi connectivity index (χ3v) is 5.27.